The topological polar surface area (TPSA) is 154 Å². The second-order valence-corrected chi connectivity index (χ2v) is 12.3. The summed E-state index contributed by atoms with van der Waals surface area (Å²) < 4.78 is 21.5. The van der Waals surface area contributed by atoms with Crippen molar-refractivity contribution in [3.63, 3.8) is 0 Å². The number of amides is 3. The monoisotopic (exact) mass is 662 g/mol. The molecule has 3 amide bonds. The molecule has 4 rings (SSSR count). The molecule has 0 aliphatic carbocycles. The highest BCUT2D eigenvalue weighted by Gasteiger charge is 2.32. The van der Waals surface area contributed by atoms with Gasteiger partial charge >= 0.3 is 18.0 Å². The van der Waals surface area contributed by atoms with Crippen molar-refractivity contribution in [1.29, 1.82) is 0 Å². The standard InChI is InChI=1S/C35H42N4O9/c1-7-46-34(44)39-17-15-38(16-18-39)32(42)26(13-14-30(40)48-35(3,4)5)37-31(41)28-21-29(25-12-11-22(2)19-27(25)36-28)47-24-10-8-9-23(20-24)33(43)45-6/h8-12,19-21,26H,7,13-18H2,1-6H3,(H,37,41)/t26-/m0/s1. The van der Waals surface area contributed by atoms with Gasteiger partial charge in [0.1, 0.15) is 28.8 Å². The van der Waals surface area contributed by atoms with Crippen molar-refractivity contribution in [2.45, 2.75) is 59.1 Å². The lowest BCUT2D eigenvalue weighted by Crippen LogP contribution is -2.56. The number of ether oxygens (including phenoxy) is 4. The summed E-state index contributed by atoms with van der Waals surface area (Å²) in [5.74, 6) is -1.45. The Bertz CT molecular complexity index is 1680. The summed E-state index contributed by atoms with van der Waals surface area (Å²) in [6, 6.07) is 12.3. The Labute approximate surface area is 279 Å². The van der Waals surface area contributed by atoms with Gasteiger partial charge in [-0.1, -0.05) is 12.1 Å². The Hall–Kier alpha value is -5.20. The molecule has 0 unspecified atom stereocenters. The minimum atomic E-state index is -1.09. The van der Waals surface area contributed by atoms with E-state index >= 15 is 0 Å². The van der Waals surface area contributed by atoms with Gasteiger partial charge in [-0.25, -0.2) is 14.6 Å². The van der Waals surface area contributed by atoms with Crippen LogP contribution in [0.3, 0.4) is 0 Å². The number of aryl methyl sites for hydroxylation is 1. The van der Waals surface area contributed by atoms with Crippen LogP contribution in [0.15, 0.2) is 48.5 Å². The van der Waals surface area contributed by atoms with Gasteiger partial charge in [0.2, 0.25) is 5.91 Å². The third-order valence-corrected chi connectivity index (χ3v) is 7.42. The minimum Gasteiger partial charge on any atom is -0.465 e. The van der Waals surface area contributed by atoms with Crippen LogP contribution in [0.5, 0.6) is 11.5 Å². The van der Waals surface area contributed by atoms with E-state index in [1.165, 1.54) is 24.1 Å². The predicted octanol–water partition coefficient (Wildman–Crippen LogP) is 4.64. The Morgan fingerprint density at radius 1 is 0.958 bits per heavy atom. The summed E-state index contributed by atoms with van der Waals surface area (Å²) in [6.45, 7) is 10.1. The fourth-order valence-corrected chi connectivity index (χ4v) is 5.13. The molecule has 48 heavy (non-hydrogen) atoms. The number of carbonyl (C=O) groups is 5. The maximum atomic E-state index is 13.8. The molecule has 1 aliphatic heterocycles. The highest BCUT2D eigenvalue weighted by atomic mass is 16.6. The Balaban J connectivity index is 1.60. The molecule has 1 fully saturated rings. The van der Waals surface area contributed by atoms with Crippen LogP contribution in [0, 0.1) is 6.92 Å². The van der Waals surface area contributed by atoms with Crippen molar-refractivity contribution in [1.82, 2.24) is 20.1 Å². The lowest BCUT2D eigenvalue weighted by molar-refractivity contribution is -0.155. The first-order valence-electron chi connectivity index (χ1n) is 15.8. The molecule has 1 N–H and O–H groups in total. The van der Waals surface area contributed by atoms with Crippen molar-refractivity contribution in [3.05, 3.63) is 65.4 Å². The number of nitrogens with zero attached hydrogens (tertiary/aromatic N) is 3. The van der Waals surface area contributed by atoms with E-state index in [2.05, 4.69) is 10.3 Å². The molecule has 3 aromatic rings. The number of fused-ring (bicyclic) bond motifs is 1. The number of benzene rings is 2. The molecule has 1 aliphatic rings. The van der Waals surface area contributed by atoms with Gasteiger partial charge in [-0.15, -0.1) is 0 Å². The van der Waals surface area contributed by atoms with Gasteiger partial charge in [0.15, 0.2) is 0 Å². The summed E-state index contributed by atoms with van der Waals surface area (Å²) >= 11 is 0. The fourth-order valence-electron chi connectivity index (χ4n) is 5.13. The first-order valence-corrected chi connectivity index (χ1v) is 15.8. The normalized spacial score (nSPS) is 13.8. The summed E-state index contributed by atoms with van der Waals surface area (Å²) in [6.07, 6.45) is -0.591. The molecule has 13 nitrogen and oxygen atoms in total. The van der Waals surface area contributed by atoms with Crippen molar-refractivity contribution >= 4 is 40.7 Å². The first-order chi connectivity index (χ1) is 22.8. The number of nitrogens with one attached hydrogen (secondary N) is 1. The number of hydrogen-bond donors (Lipinski definition) is 1. The first kappa shape index (κ1) is 35.7. The largest absolute Gasteiger partial charge is 0.465 e. The van der Waals surface area contributed by atoms with Crippen LogP contribution in [0.25, 0.3) is 10.9 Å². The third kappa shape index (κ3) is 9.43. The average Bonchev–Trinajstić information content (AvgIpc) is 3.05. The van der Waals surface area contributed by atoms with Gasteiger partial charge in [0.05, 0.1) is 24.8 Å². The van der Waals surface area contributed by atoms with E-state index in [-0.39, 0.29) is 56.9 Å². The van der Waals surface area contributed by atoms with E-state index in [9.17, 15) is 24.0 Å². The highest BCUT2D eigenvalue weighted by molar-refractivity contribution is 5.99. The van der Waals surface area contributed by atoms with Gasteiger partial charge in [0.25, 0.3) is 5.91 Å². The van der Waals surface area contributed by atoms with E-state index < -0.39 is 41.5 Å². The molecule has 1 aromatic heterocycles. The second-order valence-electron chi connectivity index (χ2n) is 12.3. The summed E-state index contributed by atoms with van der Waals surface area (Å²) in [4.78, 5) is 72.1. The summed E-state index contributed by atoms with van der Waals surface area (Å²) in [5.41, 5.74) is 0.932. The number of piperazine rings is 1. The lowest BCUT2D eigenvalue weighted by atomic mass is 10.1. The SMILES string of the molecule is CCOC(=O)N1CCN(C(=O)[C@H](CCC(=O)OC(C)(C)C)NC(=O)c2cc(Oc3cccc(C(=O)OC)c3)c3ccc(C)cc3n2)CC1. The maximum Gasteiger partial charge on any atom is 0.409 e. The van der Waals surface area contributed by atoms with E-state index in [0.29, 0.717) is 22.4 Å². The number of hydrogen-bond acceptors (Lipinski definition) is 10. The van der Waals surface area contributed by atoms with Gasteiger partial charge in [0, 0.05) is 44.1 Å². The Morgan fingerprint density at radius 2 is 1.67 bits per heavy atom. The smallest absolute Gasteiger partial charge is 0.409 e. The molecule has 2 aromatic carbocycles. The number of carbonyl (C=O) groups excluding carboxylic acids is 5. The maximum absolute atomic E-state index is 13.8. The number of esters is 2. The van der Waals surface area contributed by atoms with Crippen molar-refractivity contribution in [2.75, 3.05) is 39.9 Å². The Kier molecular flexibility index (Phi) is 11.6. The molecule has 2 heterocycles. The molecule has 0 spiro atoms. The van der Waals surface area contributed by atoms with Crippen LogP contribution in [0.1, 0.15) is 66.9 Å². The summed E-state index contributed by atoms with van der Waals surface area (Å²) in [5, 5.41) is 3.41. The third-order valence-electron chi connectivity index (χ3n) is 7.42. The van der Waals surface area contributed by atoms with Crippen LogP contribution in [-0.4, -0.2) is 96.2 Å². The Morgan fingerprint density at radius 3 is 2.33 bits per heavy atom. The van der Waals surface area contributed by atoms with Crippen LogP contribution in [0.4, 0.5) is 4.79 Å². The molecule has 0 bridgehead atoms. The van der Waals surface area contributed by atoms with Crippen molar-refractivity contribution in [3.8, 4) is 11.5 Å². The number of methoxy groups -OCH3 is 1. The predicted molar refractivity (Wildman–Crippen MR) is 176 cm³/mol. The van der Waals surface area contributed by atoms with Gasteiger partial charge in [-0.3, -0.25) is 14.4 Å². The molecule has 0 saturated carbocycles. The molecule has 1 atom stereocenters. The second kappa shape index (κ2) is 15.6. The van der Waals surface area contributed by atoms with Gasteiger partial charge in [-0.05, 0) is 76.9 Å². The minimum absolute atomic E-state index is 0.0191. The highest BCUT2D eigenvalue weighted by Crippen LogP contribution is 2.31. The molecule has 13 heteroatoms. The lowest BCUT2D eigenvalue weighted by Gasteiger charge is -2.36. The molecular weight excluding hydrogens is 620 g/mol. The van der Waals surface area contributed by atoms with Crippen LogP contribution in [0.2, 0.25) is 0 Å². The van der Waals surface area contributed by atoms with E-state index in [0.717, 1.165) is 5.56 Å². The molecule has 1 saturated heterocycles. The van der Waals surface area contributed by atoms with Crippen LogP contribution < -0.4 is 10.1 Å². The summed E-state index contributed by atoms with van der Waals surface area (Å²) in [7, 11) is 1.29. The van der Waals surface area contributed by atoms with Gasteiger partial charge < -0.3 is 34.1 Å². The van der Waals surface area contributed by atoms with Crippen molar-refractivity contribution in [2.24, 2.45) is 0 Å². The number of aromatic nitrogens is 1. The zero-order chi connectivity index (χ0) is 35.0. The molecule has 0 radical (unpaired) electrons. The average molecular weight is 663 g/mol. The number of rotatable bonds is 10. The fraction of sp³-hybridized carbons (Fsp3) is 0.429. The van der Waals surface area contributed by atoms with Crippen LogP contribution in [-0.2, 0) is 23.8 Å². The quantitative estimate of drug-likeness (QED) is 0.240. The molecule has 256 valence electrons. The van der Waals surface area contributed by atoms with Crippen molar-refractivity contribution < 1.29 is 42.9 Å². The van der Waals surface area contributed by atoms with Crippen LogP contribution >= 0.6 is 0 Å². The van der Waals surface area contributed by atoms with E-state index in [4.69, 9.17) is 18.9 Å². The molecular formula is C35H42N4O9. The zero-order valence-corrected chi connectivity index (χ0v) is 28.2. The number of pyridine rings is 1. The van der Waals surface area contributed by atoms with Gasteiger partial charge in [-0.2, -0.15) is 0 Å². The van der Waals surface area contributed by atoms with E-state index in [1.54, 1.807) is 56.9 Å². The van der Waals surface area contributed by atoms with E-state index in [1.807, 2.05) is 19.1 Å². The zero-order valence-electron chi connectivity index (χ0n) is 28.2.